The van der Waals surface area contributed by atoms with Crippen LogP contribution >= 0.6 is 0 Å². The van der Waals surface area contributed by atoms with Crippen LogP contribution in [0.25, 0.3) is 0 Å². The molecule has 2 heteroatoms. The molecule has 0 spiro atoms. The Hall–Kier alpha value is -1.31. The maximum atomic E-state index is 12.9. The van der Waals surface area contributed by atoms with Gasteiger partial charge in [0.2, 0.25) is 5.91 Å². The molecule has 0 saturated heterocycles. The third-order valence-corrected chi connectivity index (χ3v) is 4.58. The molecule has 0 aromatic heterocycles. The maximum absolute atomic E-state index is 12.9. The first kappa shape index (κ1) is 14.6. The van der Waals surface area contributed by atoms with Crippen LogP contribution < -0.4 is 0 Å². The van der Waals surface area contributed by atoms with Crippen LogP contribution in [0.3, 0.4) is 0 Å². The Morgan fingerprint density at radius 1 is 1.19 bits per heavy atom. The van der Waals surface area contributed by atoms with Crippen molar-refractivity contribution in [2.45, 2.75) is 71.4 Å². The van der Waals surface area contributed by atoms with Crippen LogP contribution in [-0.2, 0) is 11.2 Å². The van der Waals surface area contributed by atoms with Gasteiger partial charge in [-0.1, -0.05) is 45.0 Å². The van der Waals surface area contributed by atoms with Crippen molar-refractivity contribution < 1.29 is 4.79 Å². The number of benzene rings is 1. The van der Waals surface area contributed by atoms with Gasteiger partial charge in [0.05, 0.1) is 6.04 Å². The molecule has 1 fully saturated rings. The number of carbonyl (C=O) groups excluding carboxylic acids is 1. The molecule has 0 aliphatic heterocycles. The van der Waals surface area contributed by atoms with Crippen molar-refractivity contribution in [1.29, 1.82) is 0 Å². The van der Waals surface area contributed by atoms with Gasteiger partial charge in [0.1, 0.15) is 0 Å². The monoisotopic (exact) mass is 285 g/mol. The lowest BCUT2D eigenvalue weighted by Gasteiger charge is -2.37. The summed E-state index contributed by atoms with van der Waals surface area (Å²) < 4.78 is 0. The molecular weight excluding hydrogens is 258 g/mol. The molecule has 21 heavy (non-hydrogen) atoms. The van der Waals surface area contributed by atoms with Crippen LogP contribution in [0.5, 0.6) is 0 Å². The number of carbonyl (C=O) groups is 1. The normalized spacial score (nSPS) is 21.8. The van der Waals surface area contributed by atoms with Crippen LogP contribution in [0.1, 0.15) is 70.0 Å². The van der Waals surface area contributed by atoms with Gasteiger partial charge in [-0.3, -0.25) is 4.79 Å². The summed E-state index contributed by atoms with van der Waals surface area (Å²) in [6.07, 6.45) is 6.53. The second kappa shape index (κ2) is 5.47. The first-order valence-corrected chi connectivity index (χ1v) is 8.35. The summed E-state index contributed by atoms with van der Waals surface area (Å²) >= 11 is 0. The van der Waals surface area contributed by atoms with E-state index in [-0.39, 0.29) is 5.41 Å². The Morgan fingerprint density at radius 2 is 1.90 bits per heavy atom. The van der Waals surface area contributed by atoms with Crippen molar-refractivity contribution >= 4 is 5.91 Å². The molecule has 2 aliphatic carbocycles. The van der Waals surface area contributed by atoms with Crippen LogP contribution in [0.4, 0.5) is 0 Å². The predicted molar refractivity (Wildman–Crippen MR) is 86.1 cm³/mol. The van der Waals surface area contributed by atoms with Crippen molar-refractivity contribution in [3.63, 3.8) is 0 Å². The smallest absolute Gasteiger partial charge is 0.223 e. The van der Waals surface area contributed by atoms with Gasteiger partial charge in [0.25, 0.3) is 0 Å². The minimum Gasteiger partial charge on any atom is -0.333 e. The standard InChI is InChI=1S/C19H27NO/c1-19(2,3)13-18(21)20(15-11-12-15)17-10-6-8-14-7-4-5-9-16(14)17/h4-5,7,9,15,17H,6,8,10-13H2,1-3H3. The highest BCUT2D eigenvalue weighted by molar-refractivity contribution is 5.78. The van der Waals surface area contributed by atoms with Crippen molar-refractivity contribution in [2.75, 3.05) is 0 Å². The molecule has 2 aliphatic rings. The molecule has 1 aromatic carbocycles. The van der Waals surface area contributed by atoms with Crippen LogP contribution in [-0.4, -0.2) is 16.8 Å². The zero-order chi connectivity index (χ0) is 15.0. The van der Waals surface area contributed by atoms with Crippen LogP contribution in [0.2, 0.25) is 0 Å². The van der Waals surface area contributed by atoms with Gasteiger partial charge in [0, 0.05) is 12.5 Å². The SMILES string of the molecule is CC(C)(C)CC(=O)N(C1CC1)C1CCCc2ccccc21. The predicted octanol–water partition coefficient (Wildman–Crippen LogP) is 4.49. The Kier molecular flexibility index (Phi) is 3.81. The zero-order valence-electron chi connectivity index (χ0n) is 13.6. The van der Waals surface area contributed by atoms with E-state index in [4.69, 9.17) is 0 Å². The summed E-state index contributed by atoms with van der Waals surface area (Å²) in [5.41, 5.74) is 2.92. The van der Waals surface area contributed by atoms with Crippen LogP contribution in [0, 0.1) is 5.41 Å². The Bertz CT molecular complexity index is 525. The van der Waals surface area contributed by atoms with Gasteiger partial charge in [-0.15, -0.1) is 0 Å². The molecule has 0 bridgehead atoms. The van der Waals surface area contributed by atoms with E-state index in [2.05, 4.69) is 49.9 Å². The number of hydrogen-bond acceptors (Lipinski definition) is 1. The molecule has 0 heterocycles. The average Bonchev–Trinajstić information content (AvgIpc) is 3.22. The highest BCUT2D eigenvalue weighted by Crippen LogP contribution is 2.41. The minimum absolute atomic E-state index is 0.0679. The quantitative estimate of drug-likeness (QED) is 0.801. The van der Waals surface area contributed by atoms with E-state index in [9.17, 15) is 4.79 Å². The molecule has 0 N–H and O–H groups in total. The summed E-state index contributed by atoms with van der Waals surface area (Å²) in [5, 5.41) is 0. The number of nitrogens with zero attached hydrogens (tertiary/aromatic N) is 1. The van der Waals surface area contributed by atoms with Crippen molar-refractivity contribution in [1.82, 2.24) is 4.90 Å². The first-order valence-electron chi connectivity index (χ1n) is 8.35. The lowest BCUT2D eigenvalue weighted by Crippen LogP contribution is -2.39. The van der Waals surface area contributed by atoms with E-state index in [0.717, 1.165) is 6.42 Å². The van der Waals surface area contributed by atoms with Gasteiger partial charge >= 0.3 is 0 Å². The Balaban J connectivity index is 1.87. The molecule has 3 rings (SSSR count). The van der Waals surface area contributed by atoms with Gasteiger partial charge in [-0.05, 0) is 48.6 Å². The van der Waals surface area contributed by atoms with Gasteiger partial charge in [0.15, 0.2) is 0 Å². The van der Waals surface area contributed by atoms with Crippen LogP contribution in [0.15, 0.2) is 24.3 Å². The first-order chi connectivity index (χ1) is 9.96. The number of fused-ring (bicyclic) bond motifs is 1. The molecule has 0 radical (unpaired) electrons. The second-order valence-electron chi connectivity index (χ2n) is 7.88. The molecular formula is C19H27NO. The Morgan fingerprint density at radius 3 is 2.57 bits per heavy atom. The Labute approximate surface area is 128 Å². The summed E-state index contributed by atoms with van der Waals surface area (Å²) in [6.45, 7) is 6.47. The average molecular weight is 285 g/mol. The van der Waals surface area contributed by atoms with Gasteiger partial charge in [-0.2, -0.15) is 0 Å². The number of hydrogen-bond donors (Lipinski definition) is 0. The molecule has 2 nitrogen and oxygen atoms in total. The van der Waals surface area contributed by atoms with E-state index in [1.807, 2.05) is 0 Å². The fourth-order valence-corrected chi connectivity index (χ4v) is 3.55. The number of aryl methyl sites for hydroxylation is 1. The molecule has 1 unspecified atom stereocenters. The highest BCUT2D eigenvalue weighted by atomic mass is 16.2. The summed E-state index contributed by atoms with van der Waals surface area (Å²) in [5.74, 6) is 0.353. The van der Waals surface area contributed by atoms with E-state index in [1.54, 1.807) is 0 Å². The summed E-state index contributed by atoms with van der Waals surface area (Å²) in [6, 6.07) is 9.53. The number of amides is 1. The zero-order valence-corrected chi connectivity index (χ0v) is 13.6. The van der Waals surface area contributed by atoms with Gasteiger partial charge < -0.3 is 4.90 Å². The minimum atomic E-state index is 0.0679. The van der Waals surface area contributed by atoms with E-state index < -0.39 is 0 Å². The van der Waals surface area contributed by atoms with E-state index in [0.29, 0.717) is 24.4 Å². The van der Waals surface area contributed by atoms with Crippen molar-refractivity contribution in [2.24, 2.45) is 5.41 Å². The third kappa shape index (κ3) is 3.30. The lowest BCUT2D eigenvalue weighted by molar-refractivity contribution is -0.136. The van der Waals surface area contributed by atoms with Crippen molar-refractivity contribution in [3.05, 3.63) is 35.4 Å². The molecule has 1 amide bonds. The van der Waals surface area contributed by atoms with Gasteiger partial charge in [-0.25, -0.2) is 0 Å². The molecule has 1 aromatic rings. The second-order valence-corrected chi connectivity index (χ2v) is 7.88. The fourth-order valence-electron chi connectivity index (χ4n) is 3.55. The third-order valence-electron chi connectivity index (χ3n) is 4.58. The fraction of sp³-hybridized carbons (Fsp3) is 0.632. The maximum Gasteiger partial charge on any atom is 0.223 e. The molecule has 114 valence electrons. The summed E-state index contributed by atoms with van der Waals surface area (Å²) in [7, 11) is 0. The summed E-state index contributed by atoms with van der Waals surface area (Å²) in [4.78, 5) is 15.1. The number of rotatable bonds is 3. The van der Waals surface area contributed by atoms with E-state index >= 15 is 0 Å². The largest absolute Gasteiger partial charge is 0.333 e. The van der Waals surface area contributed by atoms with Crippen molar-refractivity contribution in [3.8, 4) is 0 Å². The van der Waals surface area contributed by atoms with E-state index in [1.165, 1.54) is 36.8 Å². The highest BCUT2D eigenvalue weighted by Gasteiger charge is 2.40. The molecule has 1 saturated carbocycles. The topological polar surface area (TPSA) is 20.3 Å². The lowest BCUT2D eigenvalue weighted by atomic mass is 9.85. The molecule has 1 atom stereocenters.